The maximum Gasteiger partial charge on any atom is 0.323 e. The zero-order valence-electron chi connectivity index (χ0n) is 41.6. The molecule has 9 rings (SSSR count). The highest BCUT2D eigenvalue weighted by Gasteiger charge is 2.19. The third-order valence-electron chi connectivity index (χ3n) is 10.7. The highest BCUT2D eigenvalue weighted by Crippen LogP contribution is 2.35. The molecular formula is C48H60N16O9. The van der Waals surface area contributed by atoms with Gasteiger partial charge < -0.3 is 74.5 Å². The van der Waals surface area contributed by atoms with Crippen molar-refractivity contribution in [3.63, 3.8) is 0 Å². The number of hydrogen-bond donors (Lipinski definition) is 6. The van der Waals surface area contributed by atoms with Gasteiger partial charge in [0.1, 0.15) is 0 Å². The molecule has 386 valence electrons. The zero-order chi connectivity index (χ0) is 50.5. The van der Waals surface area contributed by atoms with Crippen LogP contribution in [0.5, 0.6) is 52.5 Å². The van der Waals surface area contributed by atoms with E-state index in [1.807, 2.05) is 96.1 Å². The van der Waals surface area contributed by atoms with E-state index in [9.17, 15) is 0 Å². The maximum atomic E-state index is 5.92. The topological polar surface area (TPSA) is 274 Å². The van der Waals surface area contributed by atoms with E-state index < -0.39 is 0 Å². The van der Waals surface area contributed by atoms with Crippen LogP contribution in [0.2, 0.25) is 0 Å². The number of fused-ring (bicyclic) bond motifs is 3. The fourth-order valence-electron chi connectivity index (χ4n) is 7.34. The predicted molar refractivity (Wildman–Crippen MR) is 268 cm³/mol. The Bertz CT molecular complexity index is 2510. The quantitative estimate of drug-likeness (QED) is 0.0368. The minimum Gasteiger partial charge on any atom is -0.461 e. The lowest BCUT2D eigenvalue weighted by Gasteiger charge is -2.23. The van der Waals surface area contributed by atoms with Crippen LogP contribution < -0.4 is 74.5 Å². The molecule has 3 aliphatic heterocycles. The van der Waals surface area contributed by atoms with Crippen molar-refractivity contribution in [1.29, 1.82) is 0 Å². The second-order valence-electron chi connectivity index (χ2n) is 17.5. The van der Waals surface area contributed by atoms with E-state index in [1.165, 1.54) is 0 Å². The number of anilines is 6. The molecule has 0 bridgehead atoms. The summed E-state index contributed by atoms with van der Waals surface area (Å²) in [6, 6.07) is 17.9. The van der Waals surface area contributed by atoms with Gasteiger partial charge in [0.05, 0.1) is 18.3 Å². The minimum atomic E-state index is -0.161. The van der Waals surface area contributed by atoms with E-state index in [1.54, 1.807) is 0 Å². The van der Waals surface area contributed by atoms with Gasteiger partial charge in [0.25, 0.3) is 0 Å². The maximum absolute atomic E-state index is 5.92. The Hall–Kier alpha value is -8.35. The molecule has 0 fully saturated rings. The molecule has 3 aromatic heterocycles. The monoisotopic (exact) mass is 1000 g/mol. The summed E-state index contributed by atoms with van der Waals surface area (Å²) in [5.41, 5.74) is 2.90. The van der Waals surface area contributed by atoms with Crippen LogP contribution in [0.3, 0.4) is 0 Å². The van der Waals surface area contributed by atoms with Gasteiger partial charge in [0.2, 0.25) is 56.1 Å². The average Bonchev–Trinajstić information content (AvgIpc) is 4.15. The molecule has 3 aromatic carbocycles. The largest absolute Gasteiger partial charge is 0.461 e. The molecule has 25 heteroatoms. The number of hydrogen-bond acceptors (Lipinski definition) is 25. The highest BCUT2D eigenvalue weighted by atomic mass is 16.7. The van der Waals surface area contributed by atoms with Crippen LogP contribution in [0.15, 0.2) is 54.6 Å². The number of aromatic nitrogens is 9. The lowest BCUT2D eigenvalue weighted by Crippen LogP contribution is -2.37. The van der Waals surface area contributed by atoms with E-state index >= 15 is 0 Å². The van der Waals surface area contributed by atoms with Gasteiger partial charge >= 0.3 is 18.0 Å². The summed E-state index contributed by atoms with van der Waals surface area (Å²) in [6.45, 7) is 16.5. The molecule has 25 nitrogen and oxygen atoms in total. The van der Waals surface area contributed by atoms with Gasteiger partial charge in [-0.05, 0) is 94.6 Å². The summed E-state index contributed by atoms with van der Waals surface area (Å²) in [5, 5.41) is 20.0. The Labute approximate surface area is 421 Å². The average molecular weight is 1010 g/mol. The second kappa shape index (κ2) is 23.7. The van der Waals surface area contributed by atoms with Crippen molar-refractivity contribution in [2.45, 2.75) is 79.5 Å². The summed E-state index contributed by atoms with van der Waals surface area (Å²) in [7, 11) is 0. The molecule has 0 atom stereocenters. The van der Waals surface area contributed by atoms with Crippen LogP contribution in [0.25, 0.3) is 0 Å². The second-order valence-corrected chi connectivity index (χ2v) is 17.5. The summed E-state index contributed by atoms with van der Waals surface area (Å²) in [6.07, 6.45) is -0.483. The van der Waals surface area contributed by atoms with Gasteiger partial charge in [-0.15, -0.1) is 0 Å². The summed E-state index contributed by atoms with van der Waals surface area (Å²) in [5.74, 6) is 6.31. The lowest BCUT2D eigenvalue weighted by molar-refractivity contribution is 0.173. The predicted octanol–water partition coefficient (Wildman–Crippen LogP) is 5.56. The third-order valence-corrected chi connectivity index (χ3v) is 10.7. The smallest absolute Gasteiger partial charge is 0.323 e. The van der Waals surface area contributed by atoms with E-state index in [0.29, 0.717) is 129 Å². The first-order valence-electron chi connectivity index (χ1n) is 24.1. The van der Waals surface area contributed by atoms with Gasteiger partial charge in [-0.2, -0.15) is 44.9 Å². The highest BCUT2D eigenvalue weighted by molar-refractivity contribution is 5.48. The van der Waals surface area contributed by atoms with Crippen molar-refractivity contribution in [2.24, 2.45) is 0 Å². The molecular weight excluding hydrogens is 945 g/mol. The number of rotatable bonds is 27. The van der Waals surface area contributed by atoms with Gasteiger partial charge in [0.15, 0.2) is 34.5 Å². The Kier molecular flexibility index (Phi) is 16.1. The van der Waals surface area contributed by atoms with Crippen LogP contribution in [0.4, 0.5) is 35.7 Å². The number of nitrogens with one attached hydrogen (secondary N) is 6. The van der Waals surface area contributed by atoms with Crippen LogP contribution in [-0.2, 0) is 19.6 Å². The fraction of sp³-hybridized carbons (Fsp3) is 0.438. The molecule has 0 saturated heterocycles. The molecule has 0 unspecified atom stereocenters. The molecule has 6 heterocycles. The summed E-state index contributed by atoms with van der Waals surface area (Å²) in [4.78, 5) is 43.5. The normalized spacial score (nSPS) is 12.9. The lowest BCUT2D eigenvalue weighted by atomic mass is 10.2. The van der Waals surface area contributed by atoms with Crippen molar-refractivity contribution in [2.75, 3.05) is 91.5 Å². The van der Waals surface area contributed by atoms with Gasteiger partial charge in [-0.25, -0.2) is 0 Å². The van der Waals surface area contributed by atoms with Crippen molar-refractivity contribution in [3.8, 4) is 52.5 Å². The van der Waals surface area contributed by atoms with Crippen molar-refractivity contribution in [3.05, 3.63) is 71.3 Å². The van der Waals surface area contributed by atoms with Crippen molar-refractivity contribution in [1.82, 2.24) is 49.8 Å². The van der Waals surface area contributed by atoms with Crippen LogP contribution in [-0.4, -0.2) is 128 Å². The van der Waals surface area contributed by atoms with Crippen LogP contribution >= 0.6 is 0 Å². The van der Waals surface area contributed by atoms with E-state index in [-0.39, 0.29) is 56.7 Å². The number of nitrogens with zero attached hydrogens (tertiary/aromatic N) is 10. The Morgan fingerprint density at radius 1 is 0.384 bits per heavy atom. The molecule has 0 amide bonds. The molecule has 3 aliphatic rings. The van der Waals surface area contributed by atoms with Crippen molar-refractivity contribution >= 4 is 35.7 Å². The van der Waals surface area contributed by atoms with Crippen LogP contribution in [0.1, 0.15) is 58.2 Å². The Balaban J connectivity index is 0.871. The summed E-state index contributed by atoms with van der Waals surface area (Å²) >= 11 is 0. The van der Waals surface area contributed by atoms with Crippen molar-refractivity contribution < 1.29 is 42.6 Å². The van der Waals surface area contributed by atoms with E-state index in [0.717, 1.165) is 16.7 Å². The van der Waals surface area contributed by atoms with E-state index in [2.05, 4.69) is 81.7 Å². The molecule has 0 aliphatic carbocycles. The first kappa shape index (κ1) is 49.6. The molecule has 0 spiro atoms. The molecule has 6 aromatic rings. The molecule has 0 radical (unpaired) electrons. The standard InChI is InChI=1S/C48H60N16O9/c1-28(2)71-46-58-40(55-43(61-46)52-22-31-7-10-34-37(19-31)68-25-65-34)49-13-16-64(17-14-50-41-56-44(62-47(59-41)72-29(3)4)53-23-32-8-11-35-38(20-32)69-26-66-35)18-15-51-42-57-45(63-48(60-42)73-30(5)6)54-24-33-9-12-36-39(21-33)70-27-67-36/h7-12,19-21,28-30H,13-18,22-27H2,1-6H3,(H2,49,52,55,58,61)(H2,50,53,56,59,62)(H2,51,54,57,60,63). The fourth-order valence-corrected chi connectivity index (χ4v) is 7.34. The Morgan fingerprint density at radius 3 is 0.945 bits per heavy atom. The number of ether oxygens (including phenoxy) is 9. The Morgan fingerprint density at radius 2 is 0.658 bits per heavy atom. The van der Waals surface area contributed by atoms with Crippen LogP contribution in [0, 0.1) is 0 Å². The SMILES string of the molecule is CC(C)Oc1nc(NCCN(CCNc2nc(NCc3ccc4c(c3)OCO4)nc(OC(C)C)n2)CCNc2nc(NCc3ccc4c(c3)OCO4)nc(OC(C)C)n2)nc(NCc2ccc3c(c2)OCO3)n1. The molecule has 6 N–H and O–H groups in total. The van der Waals surface area contributed by atoms with Gasteiger partial charge in [-0.3, -0.25) is 4.90 Å². The molecule has 0 saturated carbocycles. The first-order chi connectivity index (χ1) is 35.5. The van der Waals surface area contributed by atoms with E-state index in [4.69, 9.17) is 42.6 Å². The third kappa shape index (κ3) is 14.4. The van der Waals surface area contributed by atoms with Gasteiger partial charge in [0, 0.05) is 58.9 Å². The summed E-state index contributed by atoms with van der Waals surface area (Å²) < 4.78 is 50.9. The minimum absolute atomic E-state index is 0.161. The number of benzene rings is 3. The van der Waals surface area contributed by atoms with Gasteiger partial charge in [-0.1, -0.05) is 18.2 Å². The zero-order valence-corrected chi connectivity index (χ0v) is 41.6. The molecule has 73 heavy (non-hydrogen) atoms. The first-order valence-corrected chi connectivity index (χ1v) is 24.1.